The zero-order valence-electron chi connectivity index (χ0n) is 16.6. The number of fused-ring (bicyclic) bond motifs is 5. The van der Waals surface area contributed by atoms with Crippen LogP contribution in [0.2, 0.25) is 5.02 Å². The molecular formula is C27H20BrCl. The maximum absolute atomic E-state index is 6.25. The van der Waals surface area contributed by atoms with Gasteiger partial charge in [-0.3, -0.25) is 0 Å². The molecule has 0 heterocycles. The second-order valence-electron chi connectivity index (χ2n) is 7.93. The van der Waals surface area contributed by atoms with Crippen molar-refractivity contribution in [2.75, 3.05) is 0 Å². The number of hydrogen-bond donors (Lipinski definition) is 0. The first-order valence-electron chi connectivity index (χ1n) is 9.75. The molecule has 0 saturated heterocycles. The molecule has 0 aliphatic rings. The topological polar surface area (TPSA) is 0 Å². The summed E-state index contributed by atoms with van der Waals surface area (Å²) in [6, 6.07) is 24.2. The van der Waals surface area contributed by atoms with Crippen LogP contribution in [0.25, 0.3) is 43.4 Å². The van der Waals surface area contributed by atoms with Crippen molar-refractivity contribution >= 4 is 59.8 Å². The van der Waals surface area contributed by atoms with Gasteiger partial charge in [0.1, 0.15) is 0 Å². The minimum Gasteiger partial charge on any atom is -0.0843 e. The number of rotatable bonds is 1. The molecule has 0 N–H and O–H groups in total. The summed E-state index contributed by atoms with van der Waals surface area (Å²) in [5, 5.41) is 8.43. The van der Waals surface area contributed by atoms with Crippen LogP contribution in [-0.2, 0) is 0 Å². The van der Waals surface area contributed by atoms with E-state index in [1.165, 1.54) is 60.1 Å². The molecule has 0 bridgehead atoms. The van der Waals surface area contributed by atoms with Crippen LogP contribution in [0, 0.1) is 20.8 Å². The van der Waals surface area contributed by atoms with Crippen molar-refractivity contribution in [2.24, 2.45) is 0 Å². The van der Waals surface area contributed by atoms with Gasteiger partial charge in [-0.2, -0.15) is 0 Å². The average molecular weight is 460 g/mol. The van der Waals surface area contributed by atoms with E-state index in [0.29, 0.717) is 0 Å². The van der Waals surface area contributed by atoms with Crippen LogP contribution in [0.15, 0.2) is 71.2 Å². The highest BCUT2D eigenvalue weighted by Gasteiger charge is 2.14. The molecule has 0 unspecified atom stereocenters. The van der Waals surface area contributed by atoms with Crippen molar-refractivity contribution in [3.05, 3.63) is 92.9 Å². The van der Waals surface area contributed by atoms with E-state index in [9.17, 15) is 0 Å². The Kier molecular flexibility index (Phi) is 4.42. The minimum atomic E-state index is 0.775. The Morgan fingerprint density at radius 1 is 0.552 bits per heavy atom. The summed E-state index contributed by atoms with van der Waals surface area (Å²) in [7, 11) is 0. The van der Waals surface area contributed by atoms with E-state index < -0.39 is 0 Å². The van der Waals surface area contributed by atoms with E-state index in [1.807, 2.05) is 12.1 Å². The Hall–Kier alpha value is -2.35. The van der Waals surface area contributed by atoms with Crippen LogP contribution in [-0.4, -0.2) is 0 Å². The molecule has 0 saturated carbocycles. The van der Waals surface area contributed by atoms with Gasteiger partial charge in [-0.1, -0.05) is 81.1 Å². The number of benzene rings is 5. The molecule has 142 valence electrons. The first-order chi connectivity index (χ1) is 13.9. The molecule has 0 amide bonds. The van der Waals surface area contributed by atoms with Crippen LogP contribution in [0.1, 0.15) is 16.7 Å². The molecule has 0 fully saturated rings. The van der Waals surface area contributed by atoms with Crippen molar-refractivity contribution < 1.29 is 0 Å². The number of hydrogen-bond acceptors (Lipinski definition) is 0. The Morgan fingerprint density at radius 2 is 1.14 bits per heavy atom. The Bertz CT molecular complexity index is 1450. The van der Waals surface area contributed by atoms with Crippen LogP contribution < -0.4 is 0 Å². The summed E-state index contributed by atoms with van der Waals surface area (Å²) < 4.78 is 1.14. The van der Waals surface area contributed by atoms with Gasteiger partial charge in [0.25, 0.3) is 0 Å². The van der Waals surface area contributed by atoms with Crippen LogP contribution in [0.5, 0.6) is 0 Å². The highest BCUT2D eigenvalue weighted by molar-refractivity contribution is 9.10. The largest absolute Gasteiger partial charge is 0.0843 e. The second-order valence-corrected chi connectivity index (χ2v) is 9.23. The molecule has 0 atom stereocenters. The summed E-state index contributed by atoms with van der Waals surface area (Å²) in [4.78, 5) is 0. The minimum absolute atomic E-state index is 0.775. The fraction of sp³-hybridized carbons (Fsp3) is 0.111. The van der Waals surface area contributed by atoms with Gasteiger partial charge in [0, 0.05) is 9.50 Å². The average Bonchev–Trinajstić information content (AvgIpc) is 2.68. The van der Waals surface area contributed by atoms with Crippen molar-refractivity contribution in [2.45, 2.75) is 20.8 Å². The maximum atomic E-state index is 6.25. The van der Waals surface area contributed by atoms with E-state index in [2.05, 4.69) is 91.3 Å². The van der Waals surface area contributed by atoms with Crippen LogP contribution >= 0.6 is 27.5 Å². The van der Waals surface area contributed by atoms with E-state index in [-0.39, 0.29) is 0 Å². The second kappa shape index (κ2) is 6.86. The van der Waals surface area contributed by atoms with Crippen molar-refractivity contribution in [3.63, 3.8) is 0 Å². The summed E-state index contributed by atoms with van der Waals surface area (Å²) in [6.07, 6.45) is 0. The van der Waals surface area contributed by atoms with E-state index in [0.717, 1.165) is 9.50 Å². The Labute approximate surface area is 184 Å². The van der Waals surface area contributed by atoms with Gasteiger partial charge in [0.05, 0.1) is 0 Å². The molecule has 0 nitrogen and oxygen atoms in total. The molecule has 0 aliphatic heterocycles. The molecular weight excluding hydrogens is 440 g/mol. The molecule has 29 heavy (non-hydrogen) atoms. The third-order valence-corrected chi connectivity index (χ3v) is 6.70. The lowest BCUT2D eigenvalue weighted by molar-refractivity contribution is 1.46. The Morgan fingerprint density at radius 3 is 1.83 bits per heavy atom. The van der Waals surface area contributed by atoms with Crippen molar-refractivity contribution in [1.29, 1.82) is 0 Å². The fourth-order valence-electron chi connectivity index (χ4n) is 4.38. The molecule has 5 rings (SSSR count). The first-order valence-corrected chi connectivity index (χ1v) is 10.9. The Balaban J connectivity index is 2.03. The zero-order chi connectivity index (χ0) is 20.3. The zero-order valence-corrected chi connectivity index (χ0v) is 18.9. The monoisotopic (exact) mass is 458 g/mol. The van der Waals surface area contributed by atoms with Crippen molar-refractivity contribution in [3.8, 4) is 11.1 Å². The molecule has 5 aromatic rings. The molecule has 0 aliphatic carbocycles. The van der Waals surface area contributed by atoms with E-state index in [4.69, 9.17) is 11.6 Å². The van der Waals surface area contributed by atoms with Gasteiger partial charge < -0.3 is 0 Å². The van der Waals surface area contributed by atoms with Gasteiger partial charge in [-0.05, 0) is 94.0 Å². The molecule has 0 spiro atoms. The SMILES string of the molecule is Cc1ccc2c(Br)cc3c4cc(C)ccc4c(-c4ccc(Cl)cc4C)cc3c2c1. The van der Waals surface area contributed by atoms with Gasteiger partial charge in [-0.15, -0.1) is 0 Å². The normalized spacial score (nSPS) is 11.6. The first kappa shape index (κ1) is 18.7. The fourth-order valence-corrected chi connectivity index (χ4v) is 5.19. The standard InChI is InChI=1S/C27H20BrCl/c1-15-4-7-20-22(10-15)26-14-27(28)21-8-5-16(2)11-23(21)25(26)13-24(20)19-9-6-18(29)12-17(19)3/h4-14H,1-3H3. The summed E-state index contributed by atoms with van der Waals surface area (Å²) in [5.74, 6) is 0. The van der Waals surface area contributed by atoms with Gasteiger partial charge in [-0.25, -0.2) is 0 Å². The lowest BCUT2D eigenvalue weighted by Crippen LogP contribution is -1.90. The third kappa shape index (κ3) is 3.04. The van der Waals surface area contributed by atoms with Gasteiger partial charge >= 0.3 is 0 Å². The maximum Gasteiger partial charge on any atom is 0.0409 e. The van der Waals surface area contributed by atoms with E-state index >= 15 is 0 Å². The quantitative estimate of drug-likeness (QED) is 0.219. The summed E-state index contributed by atoms with van der Waals surface area (Å²) in [5.41, 5.74) is 6.21. The highest BCUT2D eigenvalue weighted by atomic mass is 79.9. The van der Waals surface area contributed by atoms with Gasteiger partial charge in [0.2, 0.25) is 0 Å². The van der Waals surface area contributed by atoms with Crippen LogP contribution in [0.3, 0.4) is 0 Å². The molecule has 2 heteroatoms. The summed E-state index contributed by atoms with van der Waals surface area (Å²) in [6.45, 7) is 6.45. The van der Waals surface area contributed by atoms with Crippen molar-refractivity contribution in [1.82, 2.24) is 0 Å². The predicted octanol–water partition coefficient (Wildman–Crippen LogP) is 9.15. The van der Waals surface area contributed by atoms with Crippen LogP contribution in [0.4, 0.5) is 0 Å². The highest BCUT2D eigenvalue weighted by Crippen LogP contribution is 2.41. The molecule has 0 radical (unpaired) electrons. The summed E-state index contributed by atoms with van der Waals surface area (Å²) >= 11 is 10.1. The predicted molar refractivity (Wildman–Crippen MR) is 131 cm³/mol. The third-order valence-electron chi connectivity index (χ3n) is 5.81. The van der Waals surface area contributed by atoms with Gasteiger partial charge in [0.15, 0.2) is 0 Å². The number of halogens is 2. The lowest BCUT2D eigenvalue weighted by atomic mass is 9.88. The lowest BCUT2D eigenvalue weighted by Gasteiger charge is -2.16. The molecule has 0 aromatic heterocycles. The number of aryl methyl sites for hydroxylation is 3. The smallest absolute Gasteiger partial charge is 0.0409 e. The molecule has 5 aromatic carbocycles. The van der Waals surface area contributed by atoms with E-state index in [1.54, 1.807) is 0 Å².